The Morgan fingerprint density at radius 2 is 1.25 bits per heavy atom. The first-order valence-corrected chi connectivity index (χ1v) is 27.7. The Labute approximate surface area is 462 Å². The summed E-state index contributed by atoms with van der Waals surface area (Å²) in [4.78, 5) is 54.1. The normalized spacial score (nSPS) is 21.9. The van der Waals surface area contributed by atoms with Gasteiger partial charge in [0.15, 0.2) is 40.3 Å². The number of carbonyl (C=O) groups is 3. The summed E-state index contributed by atoms with van der Waals surface area (Å²) in [5, 5.41) is 40.9. The SMILES string of the molecule is COc1cc2c(cc1OCCCCCOc1cc3c(cc1OC)C(=O)N1Cc4cc(OS(=O)(=O)Oc5cc(C(=O)CC(C)C)ccc5OC5O[C@H](CO)[C@H](O)[C@H](O)[C@H]5O)ccc4C[C@H]1C=N3)N=C[C@@H]1Cc3ccccc3CN1C2=O. The number of ether oxygens (including phenoxy) is 6. The van der Waals surface area contributed by atoms with Crippen molar-refractivity contribution in [3.8, 4) is 40.2 Å². The molecule has 22 heteroatoms. The second-order valence-electron chi connectivity index (χ2n) is 20.5. The predicted octanol–water partition coefficient (Wildman–Crippen LogP) is 6.01. The van der Waals surface area contributed by atoms with Gasteiger partial charge in [-0.3, -0.25) is 24.4 Å². The number of Topliss-reactive ketones (excluding diaryl/α,β-unsaturated/α-hetero) is 1. The summed E-state index contributed by atoms with van der Waals surface area (Å²) in [5.74, 6) is -0.135. The highest BCUT2D eigenvalue weighted by Crippen LogP contribution is 2.42. The molecule has 0 bridgehead atoms. The van der Waals surface area contributed by atoms with E-state index in [1.165, 1.54) is 36.9 Å². The molecule has 21 nitrogen and oxygen atoms in total. The van der Waals surface area contributed by atoms with Crippen LogP contribution >= 0.6 is 0 Å². The third kappa shape index (κ3) is 11.8. The van der Waals surface area contributed by atoms with Crippen LogP contribution in [0.15, 0.2) is 94.9 Å². The van der Waals surface area contributed by atoms with Crippen LogP contribution in [0.2, 0.25) is 0 Å². The van der Waals surface area contributed by atoms with E-state index in [0.29, 0.717) is 90.9 Å². The topological polar surface area (TPSA) is 271 Å². The number of rotatable bonds is 20. The molecule has 7 atom stereocenters. The predicted molar refractivity (Wildman–Crippen MR) is 290 cm³/mol. The van der Waals surface area contributed by atoms with Crippen LogP contribution in [-0.4, -0.2) is 146 Å². The lowest BCUT2D eigenvalue weighted by molar-refractivity contribution is -0.277. The van der Waals surface area contributed by atoms with Gasteiger partial charge in [-0.2, -0.15) is 0 Å². The number of hydrogen-bond donors (Lipinski definition) is 4. The maximum absolute atomic E-state index is 14.3. The van der Waals surface area contributed by atoms with E-state index in [-0.39, 0.29) is 65.1 Å². The second kappa shape index (κ2) is 23.6. The first-order valence-electron chi connectivity index (χ1n) is 26.4. The minimum absolute atomic E-state index is 0.0347. The van der Waals surface area contributed by atoms with Crippen molar-refractivity contribution in [2.24, 2.45) is 15.9 Å². The molecule has 0 aliphatic carbocycles. The molecule has 5 heterocycles. The Kier molecular flexibility index (Phi) is 16.4. The van der Waals surface area contributed by atoms with E-state index in [2.05, 4.69) is 12.1 Å². The molecule has 5 aliphatic heterocycles. The van der Waals surface area contributed by atoms with Crippen LogP contribution in [0.5, 0.6) is 40.2 Å². The summed E-state index contributed by atoms with van der Waals surface area (Å²) < 4.78 is 73.0. The molecule has 5 aromatic carbocycles. The van der Waals surface area contributed by atoms with Crippen molar-refractivity contribution in [2.75, 3.05) is 34.0 Å². The number of aliphatic hydroxyl groups is 4. The number of amides is 2. The largest absolute Gasteiger partial charge is 0.501 e. The second-order valence-corrected chi connectivity index (χ2v) is 21.7. The molecule has 0 saturated carbocycles. The molecular formula is C58H62N4O17S. The molecule has 2 amide bonds. The van der Waals surface area contributed by atoms with E-state index >= 15 is 0 Å². The maximum Gasteiger partial charge on any atom is 0.501 e. The third-order valence-electron chi connectivity index (χ3n) is 14.6. The van der Waals surface area contributed by atoms with Crippen LogP contribution in [0, 0.1) is 5.92 Å². The fraction of sp³-hybridized carbons (Fsp3) is 0.397. The quantitative estimate of drug-likeness (QED) is 0.0513. The monoisotopic (exact) mass is 1120 g/mol. The Bertz CT molecular complexity index is 3350. The molecule has 5 aromatic rings. The Balaban J connectivity index is 0.754. The lowest BCUT2D eigenvalue weighted by Gasteiger charge is -2.39. The van der Waals surface area contributed by atoms with Gasteiger partial charge < -0.3 is 67.0 Å². The van der Waals surface area contributed by atoms with Crippen LogP contribution in [0.3, 0.4) is 0 Å². The van der Waals surface area contributed by atoms with Crippen molar-refractivity contribution >= 4 is 51.8 Å². The summed E-state index contributed by atoms with van der Waals surface area (Å²) in [6, 6.07) is 22.6. The number of aliphatic hydroxyl groups excluding tert-OH is 4. The first kappa shape index (κ1) is 55.7. The molecule has 10 rings (SSSR count). The number of unbranched alkanes of at least 4 members (excludes halogenated alkanes) is 2. The minimum Gasteiger partial charge on any atom is -0.493 e. The number of ketones is 1. The molecule has 5 aliphatic rings. The van der Waals surface area contributed by atoms with E-state index in [0.717, 1.165) is 23.6 Å². The number of benzene rings is 5. The van der Waals surface area contributed by atoms with Crippen LogP contribution in [0.1, 0.15) is 92.9 Å². The molecule has 0 aromatic heterocycles. The average Bonchev–Trinajstić information content (AvgIpc) is 3.68. The number of carbonyl (C=O) groups excluding carboxylic acids is 3. The molecule has 80 heavy (non-hydrogen) atoms. The highest BCUT2D eigenvalue weighted by molar-refractivity contribution is 7.82. The van der Waals surface area contributed by atoms with Crippen LogP contribution in [0.4, 0.5) is 11.4 Å². The van der Waals surface area contributed by atoms with Gasteiger partial charge in [0.05, 0.1) is 68.6 Å². The van der Waals surface area contributed by atoms with Gasteiger partial charge >= 0.3 is 10.4 Å². The molecular weight excluding hydrogens is 1060 g/mol. The molecule has 1 saturated heterocycles. The summed E-state index contributed by atoms with van der Waals surface area (Å²) in [6.45, 7) is 4.22. The number of methoxy groups -OCH3 is 2. The van der Waals surface area contributed by atoms with Crippen molar-refractivity contribution < 1.29 is 80.0 Å². The zero-order valence-electron chi connectivity index (χ0n) is 44.4. The molecule has 1 fully saturated rings. The van der Waals surface area contributed by atoms with E-state index in [1.807, 2.05) is 37.1 Å². The summed E-state index contributed by atoms with van der Waals surface area (Å²) >= 11 is 0. The molecule has 0 spiro atoms. The lowest BCUT2D eigenvalue weighted by atomic mass is 9.94. The van der Waals surface area contributed by atoms with Crippen molar-refractivity contribution in [1.29, 1.82) is 0 Å². The Morgan fingerprint density at radius 3 is 1.84 bits per heavy atom. The molecule has 4 N–H and O–H groups in total. The number of hydrogen-bond acceptors (Lipinski definition) is 19. The standard InChI is InChI=1S/C58H62N4O17S/c1-32(2)18-45(64)35-13-15-46(76-58-55(67)54(66)53(65)52(31-63)77-58)51(22-35)79-80(70,71)78-40-14-12-34-20-39-28-60-44-26-50(48(73-4)24-42(44)57(69)62(39)30-37(34)21-40)75-17-9-5-8-16-74-49-25-43-41(23-47(49)72-3)56(68)61-29-36-11-7-6-10-33(36)19-38(61)27-59-43/h6-7,10-15,21-28,32,38-39,52-55,58,63,65-67H,5,8-9,16-20,29-31H2,1-4H3/t38-,39-,52+,53-,54-,55+,58?/m0/s1. The van der Waals surface area contributed by atoms with Gasteiger partial charge in [0.1, 0.15) is 30.2 Å². The molecule has 0 radical (unpaired) electrons. The van der Waals surface area contributed by atoms with Gasteiger partial charge in [0.2, 0.25) is 6.29 Å². The van der Waals surface area contributed by atoms with E-state index in [4.69, 9.17) is 46.8 Å². The summed E-state index contributed by atoms with van der Waals surface area (Å²) in [7, 11) is -1.97. The van der Waals surface area contributed by atoms with Crippen molar-refractivity contribution in [2.45, 2.75) is 108 Å². The van der Waals surface area contributed by atoms with Gasteiger partial charge in [-0.15, -0.1) is 8.42 Å². The zero-order valence-corrected chi connectivity index (χ0v) is 45.2. The number of nitrogens with zero attached hydrogens (tertiary/aromatic N) is 4. The highest BCUT2D eigenvalue weighted by atomic mass is 32.3. The molecule has 422 valence electrons. The van der Waals surface area contributed by atoms with E-state index in [9.17, 15) is 43.2 Å². The third-order valence-corrected chi connectivity index (χ3v) is 15.4. The van der Waals surface area contributed by atoms with Crippen LogP contribution in [-0.2, 0) is 41.1 Å². The number of fused-ring (bicyclic) bond motifs is 6. The first-order chi connectivity index (χ1) is 38.5. The van der Waals surface area contributed by atoms with Crippen molar-refractivity contribution in [1.82, 2.24) is 9.80 Å². The summed E-state index contributed by atoms with van der Waals surface area (Å²) in [6.07, 6.45) is -1.51. The highest BCUT2D eigenvalue weighted by Gasteiger charge is 2.45. The fourth-order valence-electron chi connectivity index (χ4n) is 10.3. The average molecular weight is 1120 g/mol. The summed E-state index contributed by atoms with van der Waals surface area (Å²) in [5.41, 5.74) is 5.48. The molecule has 1 unspecified atom stereocenters. The van der Waals surface area contributed by atoms with Gasteiger partial charge in [-0.25, -0.2) is 0 Å². The Morgan fingerprint density at radius 1 is 0.662 bits per heavy atom. The Hall–Kier alpha value is -7.60. The van der Waals surface area contributed by atoms with E-state index < -0.39 is 59.5 Å². The lowest BCUT2D eigenvalue weighted by Crippen LogP contribution is -2.60. The van der Waals surface area contributed by atoms with Gasteiger partial charge in [0, 0.05) is 49.6 Å². The van der Waals surface area contributed by atoms with Gasteiger partial charge in [-0.1, -0.05) is 44.2 Å². The maximum atomic E-state index is 14.3. The number of aliphatic imine (C=N–C) groups is 2. The zero-order chi connectivity index (χ0) is 56.4. The van der Waals surface area contributed by atoms with Crippen LogP contribution in [0.25, 0.3) is 0 Å². The van der Waals surface area contributed by atoms with Crippen molar-refractivity contribution in [3.63, 3.8) is 0 Å². The van der Waals surface area contributed by atoms with Crippen LogP contribution < -0.4 is 32.1 Å². The minimum atomic E-state index is -5.00. The van der Waals surface area contributed by atoms with E-state index in [1.54, 1.807) is 48.6 Å². The van der Waals surface area contributed by atoms with Gasteiger partial charge in [-0.05, 0) is 103 Å². The fourth-order valence-corrected chi connectivity index (χ4v) is 11.1. The van der Waals surface area contributed by atoms with Crippen molar-refractivity contribution in [3.05, 3.63) is 124 Å². The smallest absolute Gasteiger partial charge is 0.493 e. The van der Waals surface area contributed by atoms with Gasteiger partial charge in [0.25, 0.3) is 11.8 Å².